The summed E-state index contributed by atoms with van der Waals surface area (Å²) >= 11 is 0. The number of carbonyl (C=O) groups is 1. The number of phenols is 1. The fourth-order valence-corrected chi connectivity index (χ4v) is 1.40. The van der Waals surface area contributed by atoms with Gasteiger partial charge in [0.05, 0.1) is 21.3 Å². The molecule has 0 aromatic heterocycles. The summed E-state index contributed by atoms with van der Waals surface area (Å²) in [4.78, 5) is 11.6. The zero-order chi connectivity index (χ0) is 14.6. The number of methoxy groups -OCH3 is 3. The molecule has 0 heterocycles. The molecule has 104 valence electrons. The van der Waals surface area contributed by atoms with Gasteiger partial charge in [-0.2, -0.15) is 0 Å². The Morgan fingerprint density at radius 2 is 1.68 bits per heavy atom. The largest absolute Gasteiger partial charge is 0.504 e. The molecule has 0 aliphatic carbocycles. The predicted molar refractivity (Wildman–Crippen MR) is 68.2 cm³/mol. The van der Waals surface area contributed by atoms with E-state index < -0.39 is 5.97 Å². The lowest BCUT2D eigenvalue weighted by Crippen LogP contribution is -2.10. The van der Waals surface area contributed by atoms with Gasteiger partial charge in [0.15, 0.2) is 11.5 Å². The third-order valence-corrected chi connectivity index (χ3v) is 2.31. The molecule has 0 radical (unpaired) electrons. The Hall–Kier alpha value is -2.37. The van der Waals surface area contributed by atoms with Crippen LogP contribution in [0.15, 0.2) is 18.2 Å². The summed E-state index contributed by atoms with van der Waals surface area (Å²) in [6, 6.07) is 1.27. The van der Waals surface area contributed by atoms with Crippen LogP contribution in [0.25, 0.3) is 0 Å². The molecule has 0 aliphatic heterocycles. The highest BCUT2D eigenvalue weighted by molar-refractivity contribution is 5.90. The molecule has 0 spiro atoms. The van der Waals surface area contributed by atoms with Crippen molar-refractivity contribution in [2.75, 3.05) is 21.3 Å². The molecule has 1 rings (SSSR count). The van der Waals surface area contributed by atoms with Crippen molar-refractivity contribution in [3.05, 3.63) is 18.2 Å². The normalized spacial score (nSPS) is 9.68. The first-order chi connectivity index (χ1) is 8.96. The van der Waals surface area contributed by atoms with Crippen LogP contribution < -0.4 is 18.9 Å². The van der Waals surface area contributed by atoms with Gasteiger partial charge >= 0.3 is 5.97 Å². The Labute approximate surface area is 111 Å². The van der Waals surface area contributed by atoms with Crippen molar-refractivity contribution in [3.8, 4) is 28.7 Å². The van der Waals surface area contributed by atoms with E-state index >= 15 is 0 Å². The van der Waals surface area contributed by atoms with Gasteiger partial charge in [0.2, 0.25) is 17.2 Å². The Morgan fingerprint density at radius 1 is 1.11 bits per heavy atom. The van der Waals surface area contributed by atoms with E-state index in [1.807, 2.05) is 0 Å². The van der Waals surface area contributed by atoms with Crippen LogP contribution in [-0.4, -0.2) is 32.4 Å². The molecule has 6 heteroatoms. The van der Waals surface area contributed by atoms with Crippen molar-refractivity contribution >= 4 is 5.97 Å². The number of phenolic OH excluding ortho intramolecular Hbond substituents is 1. The topological polar surface area (TPSA) is 74.2 Å². The van der Waals surface area contributed by atoms with Crippen LogP contribution in [0.5, 0.6) is 28.7 Å². The van der Waals surface area contributed by atoms with Crippen LogP contribution in [0.4, 0.5) is 0 Å². The minimum atomic E-state index is -0.635. The average molecular weight is 268 g/mol. The average Bonchev–Trinajstić information content (AvgIpc) is 2.39. The van der Waals surface area contributed by atoms with Gasteiger partial charge < -0.3 is 24.1 Å². The molecule has 0 fully saturated rings. The van der Waals surface area contributed by atoms with E-state index in [1.54, 1.807) is 0 Å². The van der Waals surface area contributed by atoms with Crippen molar-refractivity contribution in [2.45, 2.75) is 6.92 Å². The first kappa shape index (κ1) is 14.7. The van der Waals surface area contributed by atoms with E-state index in [-0.39, 0.29) is 34.3 Å². The fraction of sp³-hybridized carbons (Fsp3) is 0.308. The van der Waals surface area contributed by atoms with Crippen LogP contribution in [0.1, 0.15) is 6.92 Å². The molecule has 0 atom stereocenters. The Bertz CT molecular complexity index is 506. The van der Waals surface area contributed by atoms with Gasteiger partial charge in [-0.3, -0.25) is 0 Å². The van der Waals surface area contributed by atoms with Crippen LogP contribution >= 0.6 is 0 Å². The van der Waals surface area contributed by atoms with Gasteiger partial charge in [-0.15, -0.1) is 0 Å². The molecule has 6 nitrogen and oxygen atoms in total. The number of esters is 1. The second-order valence-electron chi connectivity index (χ2n) is 3.66. The molecule has 1 aromatic rings. The van der Waals surface area contributed by atoms with Gasteiger partial charge in [0.25, 0.3) is 0 Å². The SMILES string of the molecule is C=C(C)C(=O)Oc1c(OC)cc(O)c(OC)c1OC. The second-order valence-corrected chi connectivity index (χ2v) is 3.66. The van der Waals surface area contributed by atoms with Gasteiger partial charge in [0, 0.05) is 11.6 Å². The first-order valence-electron chi connectivity index (χ1n) is 5.35. The maximum absolute atomic E-state index is 11.6. The minimum absolute atomic E-state index is 0.0210. The number of benzene rings is 1. The second kappa shape index (κ2) is 5.99. The number of carbonyl (C=O) groups excluding carboxylic acids is 1. The summed E-state index contributed by atoms with van der Waals surface area (Å²) in [5.74, 6) is -0.546. The molecule has 0 bridgehead atoms. The summed E-state index contributed by atoms with van der Waals surface area (Å²) in [5.41, 5.74) is 0.219. The fourth-order valence-electron chi connectivity index (χ4n) is 1.40. The number of hydrogen-bond acceptors (Lipinski definition) is 6. The molecule has 0 aliphatic rings. The lowest BCUT2D eigenvalue weighted by Gasteiger charge is -2.16. The van der Waals surface area contributed by atoms with E-state index in [4.69, 9.17) is 18.9 Å². The van der Waals surface area contributed by atoms with Gasteiger partial charge in [-0.1, -0.05) is 6.58 Å². The summed E-state index contributed by atoms with van der Waals surface area (Å²) < 4.78 is 20.3. The lowest BCUT2D eigenvalue weighted by atomic mass is 10.2. The molecular weight excluding hydrogens is 252 g/mol. The smallest absolute Gasteiger partial charge is 0.338 e. The van der Waals surface area contributed by atoms with Crippen molar-refractivity contribution in [1.29, 1.82) is 0 Å². The number of ether oxygens (including phenoxy) is 4. The molecular formula is C13H16O6. The number of rotatable bonds is 5. The molecule has 0 saturated heterocycles. The predicted octanol–water partition coefficient (Wildman–Crippen LogP) is 1.90. The van der Waals surface area contributed by atoms with Crippen LogP contribution in [0.2, 0.25) is 0 Å². The summed E-state index contributed by atoms with van der Waals surface area (Å²) in [6.07, 6.45) is 0. The first-order valence-corrected chi connectivity index (χ1v) is 5.35. The highest BCUT2D eigenvalue weighted by Gasteiger charge is 2.24. The van der Waals surface area contributed by atoms with Crippen molar-refractivity contribution < 1.29 is 28.8 Å². The van der Waals surface area contributed by atoms with E-state index in [9.17, 15) is 9.90 Å². The summed E-state index contributed by atoms with van der Waals surface area (Å²) in [5, 5.41) is 9.76. The van der Waals surface area contributed by atoms with Crippen molar-refractivity contribution in [2.24, 2.45) is 0 Å². The highest BCUT2D eigenvalue weighted by Crippen LogP contribution is 2.49. The molecule has 0 amide bonds. The third-order valence-electron chi connectivity index (χ3n) is 2.31. The van der Waals surface area contributed by atoms with Crippen LogP contribution in [-0.2, 0) is 4.79 Å². The van der Waals surface area contributed by atoms with E-state index in [1.165, 1.54) is 34.3 Å². The quantitative estimate of drug-likeness (QED) is 0.499. The zero-order valence-electron chi connectivity index (χ0n) is 11.3. The monoisotopic (exact) mass is 268 g/mol. The van der Waals surface area contributed by atoms with E-state index in [0.717, 1.165) is 0 Å². The van der Waals surface area contributed by atoms with Gasteiger partial charge in [-0.25, -0.2) is 4.79 Å². The lowest BCUT2D eigenvalue weighted by molar-refractivity contribution is -0.130. The van der Waals surface area contributed by atoms with Crippen molar-refractivity contribution in [1.82, 2.24) is 0 Å². The Morgan fingerprint density at radius 3 is 2.11 bits per heavy atom. The molecule has 0 saturated carbocycles. The Kier molecular flexibility index (Phi) is 4.63. The maximum Gasteiger partial charge on any atom is 0.338 e. The molecule has 1 aromatic carbocycles. The summed E-state index contributed by atoms with van der Waals surface area (Å²) in [7, 11) is 4.09. The summed E-state index contributed by atoms with van der Waals surface area (Å²) in [6.45, 7) is 5.00. The van der Waals surface area contributed by atoms with E-state index in [0.29, 0.717) is 0 Å². The molecule has 0 unspecified atom stereocenters. The number of aromatic hydroxyl groups is 1. The molecule has 19 heavy (non-hydrogen) atoms. The third kappa shape index (κ3) is 2.90. The number of hydrogen-bond donors (Lipinski definition) is 1. The standard InChI is InChI=1S/C13H16O6/c1-7(2)13(15)19-11-9(16-3)6-8(14)10(17-4)12(11)18-5/h6,14H,1H2,2-5H3. The molecule has 1 N–H and O–H groups in total. The van der Waals surface area contributed by atoms with Gasteiger partial charge in [0.1, 0.15) is 0 Å². The van der Waals surface area contributed by atoms with Crippen LogP contribution in [0.3, 0.4) is 0 Å². The minimum Gasteiger partial charge on any atom is -0.504 e. The zero-order valence-corrected chi connectivity index (χ0v) is 11.3. The van der Waals surface area contributed by atoms with Gasteiger partial charge in [-0.05, 0) is 6.92 Å². The Balaban J connectivity index is 3.41. The van der Waals surface area contributed by atoms with Crippen molar-refractivity contribution in [3.63, 3.8) is 0 Å². The highest BCUT2D eigenvalue weighted by atomic mass is 16.6. The maximum atomic E-state index is 11.6. The van der Waals surface area contributed by atoms with E-state index in [2.05, 4.69) is 6.58 Å². The van der Waals surface area contributed by atoms with Crippen LogP contribution in [0, 0.1) is 0 Å².